The predicted molar refractivity (Wildman–Crippen MR) is 61.5 cm³/mol. The lowest BCUT2D eigenvalue weighted by Gasteiger charge is -2.09. The highest BCUT2D eigenvalue weighted by molar-refractivity contribution is 5.02. The minimum atomic E-state index is 0.186. The Morgan fingerprint density at radius 2 is 2.18 bits per heavy atom. The fourth-order valence-electron chi connectivity index (χ4n) is 2.81. The van der Waals surface area contributed by atoms with Gasteiger partial charge in [-0.05, 0) is 25.7 Å². The Morgan fingerprint density at radius 1 is 1.24 bits per heavy atom. The van der Waals surface area contributed by atoms with Crippen molar-refractivity contribution in [1.29, 1.82) is 0 Å². The molecule has 1 aliphatic heterocycles. The van der Waals surface area contributed by atoms with Gasteiger partial charge in [0, 0.05) is 19.1 Å². The molecule has 0 aromatic carbocycles. The lowest BCUT2D eigenvalue weighted by atomic mass is 10.1. The third-order valence-electron chi connectivity index (χ3n) is 3.80. The van der Waals surface area contributed by atoms with Crippen LogP contribution in [0.15, 0.2) is 4.52 Å². The van der Waals surface area contributed by atoms with Crippen molar-refractivity contribution >= 4 is 0 Å². The first-order chi connectivity index (χ1) is 8.33. The van der Waals surface area contributed by atoms with E-state index in [0.29, 0.717) is 0 Å². The highest BCUT2D eigenvalue weighted by Crippen LogP contribution is 2.32. The van der Waals surface area contributed by atoms with Crippen molar-refractivity contribution in [3.8, 4) is 0 Å². The summed E-state index contributed by atoms with van der Waals surface area (Å²) in [6, 6.07) is 0.186. The van der Waals surface area contributed by atoms with Crippen LogP contribution in [0.25, 0.3) is 0 Å². The Balaban J connectivity index is 1.65. The van der Waals surface area contributed by atoms with Crippen LogP contribution >= 0.6 is 0 Å². The summed E-state index contributed by atoms with van der Waals surface area (Å²) >= 11 is 0. The number of hydrogen-bond donors (Lipinski definition) is 1. The maximum absolute atomic E-state index is 6.03. The second-order valence-electron chi connectivity index (χ2n) is 5.09. The van der Waals surface area contributed by atoms with E-state index in [1.165, 1.54) is 0 Å². The van der Waals surface area contributed by atoms with E-state index in [9.17, 15) is 0 Å². The molecule has 1 saturated carbocycles. The fraction of sp³-hybridized carbons (Fsp3) is 0.833. The molecular formula is C12H19N3O2. The Morgan fingerprint density at radius 3 is 2.88 bits per heavy atom. The molecule has 2 fully saturated rings. The van der Waals surface area contributed by atoms with Crippen LogP contribution in [0.5, 0.6) is 0 Å². The minimum Gasteiger partial charge on any atom is -0.378 e. The van der Waals surface area contributed by atoms with Crippen molar-refractivity contribution in [2.75, 3.05) is 6.61 Å². The van der Waals surface area contributed by atoms with Gasteiger partial charge in [-0.25, -0.2) is 0 Å². The zero-order chi connectivity index (χ0) is 11.7. The van der Waals surface area contributed by atoms with E-state index in [2.05, 4.69) is 10.1 Å². The number of hydrogen-bond acceptors (Lipinski definition) is 5. The summed E-state index contributed by atoms with van der Waals surface area (Å²) in [7, 11) is 0. The molecule has 2 heterocycles. The summed E-state index contributed by atoms with van der Waals surface area (Å²) in [6.45, 7) is 0.864. The van der Waals surface area contributed by atoms with Crippen LogP contribution in [0.3, 0.4) is 0 Å². The van der Waals surface area contributed by atoms with Crippen molar-refractivity contribution in [3.05, 3.63) is 11.7 Å². The molecule has 1 aliphatic carbocycles. The van der Waals surface area contributed by atoms with E-state index in [1.807, 2.05) is 0 Å². The highest BCUT2D eigenvalue weighted by atomic mass is 16.5. The van der Waals surface area contributed by atoms with Gasteiger partial charge in [-0.3, -0.25) is 0 Å². The Hall–Kier alpha value is -0.940. The summed E-state index contributed by atoms with van der Waals surface area (Å²) in [5, 5.41) is 4.04. The van der Waals surface area contributed by atoms with Gasteiger partial charge in [-0.15, -0.1) is 0 Å². The molecule has 94 valence electrons. The Labute approximate surface area is 101 Å². The lowest BCUT2D eigenvalue weighted by molar-refractivity contribution is 0.109. The molecule has 5 heteroatoms. The van der Waals surface area contributed by atoms with Crippen LogP contribution in [0.4, 0.5) is 0 Å². The normalized spacial score (nSPS) is 33.4. The molecule has 5 nitrogen and oxygen atoms in total. The first kappa shape index (κ1) is 11.2. The maximum atomic E-state index is 6.03. The van der Waals surface area contributed by atoms with E-state index >= 15 is 0 Å². The van der Waals surface area contributed by atoms with Gasteiger partial charge in [0.1, 0.15) is 0 Å². The van der Waals surface area contributed by atoms with Gasteiger partial charge >= 0.3 is 0 Å². The summed E-state index contributed by atoms with van der Waals surface area (Å²) in [4.78, 5) is 4.47. The molecule has 0 spiro atoms. The number of rotatable bonds is 3. The SMILES string of the molecule is NC1CCCC1c1nc(CC2CCCO2)no1. The Kier molecular flexibility index (Phi) is 3.11. The second-order valence-corrected chi connectivity index (χ2v) is 5.09. The van der Waals surface area contributed by atoms with Crippen molar-refractivity contribution in [2.24, 2.45) is 5.73 Å². The van der Waals surface area contributed by atoms with Crippen molar-refractivity contribution in [3.63, 3.8) is 0 Å². The third-order valence-corrected chi connectivity index (χ3v) is 3.80. The first-order valence-corrected chi connectivity index (χ1v) is 6.52. The third kappa shape index (κ3) is 2.35. The van der Waals surface area contributed by atoms with Gasteiger partial charge in [0.2, 0.25) is 5.89 Å². The van der Waals surface area contributed by atoms with Gasteiger partial charge < -0.3 is 15.0 Å². The molecule has 2 aliphatic rings. The van der Waals surface area contributed by atoms with Crippen LogP contribution < -0.4 is 5.73 Å². The van der Waals surface area contributed by atoms with Crippen LogP contribution in [0, 0.1) is 0 Å². The first-order valence-electron chi connectivity index (χ1n) is 6.52. The van der Waals surface area contributed by atoms with E-state index in [1.54, 1.807) is 0 Å². The molecule has 0 amide bonds. The molecule has 3 rings (SSSR count). The standard InChI is InChI=1S/C12H19N3O2/c13-10-5-1-4-9(10)12-14-11(15-17-12)7-8-3-2-6-16-8/h8-10H,1-7,13H2. The molecule has 0 bridgehead atoms. The molecule has 1 saturated heterocycles. The van der Waals surface area contributed by atoms with Crippen LogP contribution in [-0.4, -0.2) is 28.9 Å². The Bertz CT molecular complexity index is 374. The maximum Gasteiger partial charge on any atom is 0.231 e. The van der Waals surface area contributed by atoms with Gasteiger partial charge in [0.15, 0.2) is 5.82 Å². The molecule has 2 N–H and O–H groups in total. The van der Waals surface area contributed by atoms with Crippen molar-refractivity contribution in [2.45, 2.75) is 56.6 Å². The van der Waals surface area contributed by atoms with Crippen LogP contribution in [0.1, 0.15) is 49.7 Å². The topological polar surface area (TPSA) is 74.2 Å². The zero-order valence-electron chi connectivity index (χ0n) is 9.97. The lowest BCUT2D eigenvalue weighted by Crippen LogP contribution is -2.23. The monoisotopic (exact) mass is 237 g/mol. The average Bonchev–Trinajstić information content (AvgIpc) is 3.00. The summed E-state index contributed by atoms with van der Waals surface area (Å²) in [5.41, 5.74) is 6.03. The number of aromatic nitrogens is 2. The quantitative estimate of drug-likeness (QED) is 0.859. The highest BCUT2D eigenvalue weighted by Gasteiger charge is 2.30. The molecular weight excluding hydrogens is 218 g/mol. The molecule has 3 unspecified atom stereocenters. The fourth-order valence-corrected chi connectivity index (χ4v) is 2.81. The number of nitrogens with two attached hydrogens (primary N) is 1. The molecule has 0 radical (unpaired) electrons. The van der Waals surface area contributed by atoms with Crippen molar-refractivity contribution < 1.29 is 9.26 Å². The zero-order valence-corrected chi connectivity index (χ0v) is 9.97. The molecule has 1 aromatic heterocycles. The van der Waals surface area contributed by atoms with E-state index in [0.717, 1.165) is 56.8 Å². The summed E-state index contributed by atoms with van der Waals surface area (Å²) in [5.74, 6) is 1.76. The van der Waals surface area contributed by atoms with Gasteiger partial charge in [-0.2, -0.15) is 4.98 Å². The predicted octanol–water partition coefficient (Wildman–Crippen LogP) is 1.39. The van der Waals surface area contributed by atoms with Crippen LogP contribution in [-0.2, 0) is 11.2 Å². The van der Waals surface area contributed by atoms with Gasteiger partial charge in [0.05, 0.1) is 12.0 Å². The van der Waals surface area contributed by atoms with Crippen LogP contribution in [0.2, 0.25) is 0 Å². The van der Waals surface area contributed by atoms with E-state index < -0.39 is 0 Å². The van der Waals surface area contributed by atoms with E-state index in [4.69, 9.17) is 15.0 Å². The van der Waals surface area contributed by atoms with Gasteiger partial charge in [-0.1, -0.05) is 11.6 Å². The number of ether oxygens (including phenoxy) is 1. The largest absolute Gasteiger partial charge is 0.378 e. The van der Waals surface area contributed by atoms with E-state index in [-0.39, 0.29) is 18.1 Å². The average molecular weight is 237 g/mol. The second kappa shape index (κ2) is 4.74. The van der Waals surface area contributed by atoms with Crippen molar-refractivity contribution in [1.82, 2.24) is 10.1 Å². The summed E-state index contributed by atoms with van der Waals surface area (Å²) < 4.78 is 10.9. The summed E-state index contributed by atoms with van der Waals surface area (Å²) in [6.07, 6.45) is 6.59. The smallest absolute Gasteiger partial charge is 0.231 e. The molecule has 1 aromatic rings. The van der Waals surface area contributed by atoms with Gasteiger partial charge in [0.25, 0.3) is 0 Å². The molecule has 3 atom stereocenters. The molecule has 17 heavy (non-hydrogen) atoms. The minimum absolute atomic E-state index is 0.186. The number of nitrogens with zero attached hydrogens (tertiary/aromatic N) is 2.